The van der Waals surface area contributed by atoms with E-state index in [0.29, 0.717) is 23.9 Å². The lowest BCUT2D eigenvalue weighted by Gasteiger charge is -2.41. The Morgan fingerprint density at radius 1 is 1.41 bits per heavy atom. The first kappa shape index (κ1) is 16.6. The van der Waals surface area contributed by atoms with Crippen LogP contribution >= 0.6 is 11.6 Å². The molecule has 0 unspecified atom stereocenters. The van der Waals surface area contributed by atoms with Crippen LogP contribution in [0.4, 0.5) is 0 Å². The molecule has 0 spiro atoms. The number of nitrogens with zero attached hydrogens (tertiary/aromatic N) is 1. The first-order valence-electron chi connectivity index (χ1n) is 6.96. The van der Waals surface area contributed by atoms with Crippen molar-refractivity contribution in [3.05, 3.63) is 29.3 Å². The number of nitrogens with two attached hydrogens (primary N) is 1. The van der Waals surface area contributed by atoms with Crippen LogP contribution in [0.2, 0.25) is 5.02 Å². The molecule has 2 rings (SSSR count). The van der Waals surface area contributed by atoms with Gasteiger partial charge in [-0.2, -0.15) is 0 Å². The Kier molecular flexibility index (Phi) is 5.26. The maximum atomic E-state index is 11.6. The molecule has 0 aromatic heterocycles. The predicted molar refractivity (Wildman–Crippen MR) is 81.7 cm³/mol. The number of carbonyl (C=O) groups is 2. The fourth-order valence-electron chi connectivity index (χ4n) is 2.42. The molecule has 1 aliphatic rings. The molecule has 1 aromatic carbocycles. The number of hydrogen-bond donors (Lipinski definition) is 1. The van der Waals surface area contributed by atoms with E-state index < -0.39 is 11.5 Å². The van der Waals surface area contributed by atoms with Gasteiger partial charge in [-0.1, -0.05) is 11.6 Å². The van der Waals surface area contributed by atoms with Crippen LogP contribution in [0.5, 0.6) is 5.75 Å². The molecular formula is C15H19ClN2O4. The number of halogens is 1. The fourth-order valence-corrected chi connectivity index (χ4v) is 2.55. The minimum Gasteiger partial charge on any atom is -0.490 e. The summed E-state index contributed by atoms with van der Waals surface area (Å²) in [6.07, 6.45) is -0.00955. The lowest BCUT2D eigenvalue weighted by molar-refractivity contribution is -0.160. The van der Waals surface area contributed by atoms with Crippen molar-refractivity contribution in [2.75, 3.05) is 26.3 Å². The number of benzene rings is 1. The third-order valence-electron chi connectivity index (χ3n) is 3.51. The Morgan fingerprint density at radius 3 is 2.68 bits per heavy atom. The molecular weight excluding hydrogens is 308 g/mol. The summed E-state index contributed by atoms with van der Waals surface area (Å²) >= 11 is 5.83. The van der Waals surface area contributed by atoms with Crippen LogP contribution in [0.1, 0.15) is 13.3 Å². The van der Waals surface area contributed by atoms with Gasteiger partial charge < -0.3 is 20.1 Å². The third-order valence-corrected chi connectivity index (χ3v) is 3.76. The molecule has 2 amide bonds. The minimum atomic E-state index is -0.921. The Labute approximate surface area is 134 Å². The molecule has 0 saturated carbocycles. The van der Waals surface area contributed by atoms with E-state index >= 15 is 0 Å². The zero-order chi connectivity index (χ0) is 16.2. The van der Waals surface area contributed by atoms with E-state index in [4.69, 9.17) is 26.8 Å². The molecule has 2 N–H and O–H groups in total. The molecule has 0 radical (unpaired) electrons. The summed E-state index contributed by atoms with van der Waals surface area (Å²) in [5, 5.41) is 0.607. The van der Waals surface area contributed by atoms with Gasteiger partial charge in [0.05, 0.1) is 19.6 Å². The van der Waals surface area contributed by atoms with Crippen molar-refractivity contribution in [3.8, 4) is 5.75 Å². The maximum Gasteiger partial charge on any atom is 0.220 e. The van der Waals surface area contributed by atoms with Crippen molar-refractivity contribution in [2.24, 2.45) is 5.73 Å². The first-order valence-corrected chi connectivity index (χ1v) is 7.34. The molecule has 120 valence electrons. The van der Waals surface area contributed by atoms with Crippen molar-refractivity contribution in [1.29, 1.82) is 0 Å². The van der Waals surface area contributed by atoms with E-state index in [0.717, 1.165) is 0 Å². The lowest BCUT2D eigenvalue weighted by atomic mass is 9.97. The number of morpholine rings is 1. The summed E-state index contributed by atoms with van der Waals surface area (Å²) in [4.78, 5) is 24.6. The highest BCUT2D eigenvalue weighted by atomic mass is 35.5. The zero-order valence-corrected chi connectivity index (χ0v) is 13.1. The summed E-state index contributed by atoms with van der Waals surface area (Å²) in [5.41, 5.74) is 4.40. The number of carbonyl (C=O) groups excluding carboxylic acids is 2. The molecule has 1 aliphatic heterocycles. The van der Waals surface area contributed by atoms with Gasteiger partial charge in [-0.25, -0.2) is 0 Å². The van der Waals surface area contributed by atoms with Crippen molar-refractivity contribution in [2.45, 2.75) is 18.9 Å². The van der Waals surface area contributed by atoms with Gasteiger partial charge in [0.25, 0.3) is 0 Å². The van der Waals surface area contributed by atoms with Crippen molar-refractivity contribution >= 4 is 23.4 Å². The highest BCUT2D eigenvalue weighted by molar-refractivity contribution is 6.30. The Hall–Kier alpha value is -1.79. The van der Waals surface area contributed by atoms with Crippen LogP contribution in [0.25, 0.3) is 0 Å². The standard InChI is InChI=1S/C15H19ClN2O4/c1-11(19)18-6-7-22-15(9-18,8-14(17)20)10-21-13-4-2-12(16)3-5-13/h2-5H,6-10H2,1H3,(H2,17,20)/t15-/m0/s1. The van der Waals surface area contributed by atoms with E-state index in [2.05, 4.69) is 0 Å². The second kappa shape index (κ2) is 6.98. The molecule has 1 saturated heterocycles. The summed E-state index contributed by atoms with van der Waals surface area (Å²) in [5.74, 6) is 0.0468. The number of hydrogen-bond acceptors (Lipinski definition) is 4. The Balaban J connectivity index is 2.09. The first-order chi connectivity index (χ1) is 10.4. The number of rotatable bonds is 5. The fraction of sp³-hybridized carbons (Fsp3) is 0.467. The molecule has 1 atom stereocenters. The highest BCUT2D eigenvalue weighted by Gasteiger charge is 2.40. The average Bonchev–Trinajstić information content (AvgIpc) is 2.46. The average molecular weight is 327 g/mol. The van der Waals surface area contributed by atoms with Gasteiger partial charge in [0.1, 0.15) is 18.0 Å². The van der Waals surface area contributed by atoms with E-state index in [-0.39, 0.29) is 25.5 Å². The van der Waals surface area contributed by atoms with E-state index in [1.807, 2.05) is 0 Å². The lowest BCUT2D eigenvalue weighted by Crippen LogP contribution is -2.57. The highest BCUT2D eigenvalue weighted by Crippen LogP contribution is 2.25. The van der Waals surface area contributed by atoms with Gasteiger partial charge in [-0.3, -0.25) is 9.59 Å². The third kappa shape index (κ3) is 4.35. The van der Waals surface area contributed by atoms with Crippen molar-refractivity contribution in [1.82, 2.24) is 4.90 Å². The number of ether oxygens (including phenoxy) is 2. The molecule has 7 heteroatoms. The monoisotopic (exact) mass is 326 g/mol. The Morgan fingerprint density at radius 2 is 2.09 bits per heavy atom. The molecule has 0 bridgehead atoms. The zero-order valence-electron chi connectivity index (χ0n) is 12.4. The van der Waals surface area contributed by atoms with E-state index in [1.54, 1.807) is 29.2 Å². The van der Waals surface area contributed by atoms with Crippen molar-refractivity contribution < 1.29 is 19.1 Å². The quantitative estimate of drug-likeness (QED) is 0.881. The maximum absolute atomic E-state index is 11.6. The van der Waals surface area contributed by atoms with Gasteiger partial charge >= 0.3 is 0 Å². The van der Waals surface area contributed by atoms with Gasteiger partial charge in [-0.15, -0.1) is 0 Å². The minimum absolute atomic E-state index is 0.00955. The SMILES string of the molecule is CC(=O)N1CCO[C@@](COc2ccc(Cl)cc2)(CC(N)=O)C1. The molecule has 1 heterocycles. The predicted octanol–water partition coefficient (Wildman–Crippen LogP) is 1.21. The number of amides is 2. The molecule has 6 nitrogen and oxygen atoms in total. The summed E-state index contributed by atoms with van der Waals surface area (Å²) in [6.45, 7) is 2.73. The smallest absolute Gasteiger partial charge is 0.220 e. The van der Waals surface area contributed by atoms with E-state index in [1.165, 1.54) is 6.92 Å². The molecule has 1 aromatic rings. The van der Waals surface area contributed by atoms with Crippen LogP contribution in [0, 0.1) is 0 Å². The van der Waals surface area contributed by atoms with Crippen LogP contribution in [0.15, 0.2) is 24.3 Å². The van der Waals surface area contributed by atoms with Gasteiger partial charge in [0.2, 0.25) is 11.8 Å². The number of primary amides is 1. The molecule has 1 fully saturated rings. The Bertz CT molecular complexity index is 549. The van der Waals surface area contributed by atoms with Crippen LogP contribution in [0.3, 0.4) is 0 Å². The van der Waals surface area contributed by atoms with E-state index in [9.17, 15) is 9.59 Å². The van der Waals surface area contributed by atoms with Crippen LogP contribution in [-0.4, -0.2) is 48.6 Å². The second-order valence-corrected chi connectivity index (χ2v) is 5.79. The normalized spacial score (nSPS) is 21.5. The van der Waals surface area contributed by atoms with Gasteiger partial charge in [0.15, 0.2) is 0 Å². The van der Waals surface area contributed by atoms with Gasteiger partial charge in [0, 0.05) is 18.5 Å². The summed E-state index contributed by atoms with van der Waals surface area (Å²) in [6, 6.07) is 6.88. The van der Waals surface area contributed by atoms with Crippen LogP contribution < -0.4 is 10.5 Å². The summed E-state index contributed by atoms with van der Waals surface area (Å²) < 4.78 is 11.5. The van der Waals surface area contributed by atoms with Crippen LogP contribution in [-0.2, 0) is 14.3 Å². The van der Waals surface area contributed by atoms with Crippen molar-refractivity contribution in [3.63, 3.8) is 0 Å². The van der Waals surface area contributed by atoms with Gasteiger partial charge in [-0.05, 0) is 24.3 Å². The summed E-state index contributed by atoms with van der Waals surface area (Å²) in [7, 11) is 0. The molecule has 22 heavy (non-hydrogen) atoms. The molecule has 0 aliphatic carbocycles. The topological polar surface area (TPSA) is 81.9 Å². The second-order valence-electron chi connectivity index (χ2n) is 5.36. The largest absolute Gasteiger partial charge is 0.490 e.